The zero-order valence-corrected chi connectivity index (χ0v) is 19.2. The highest BCUT2D eigenvalue weighted by molar-refractivity contribution is 6.06. The Morgan fingerprint density at radius 3 is 2.47 bits per heavy atom. The van der Waals surface area contributed by atoms with Crippen molar-refractivity contribution in [3.05, 3.63) is 71.1 Å². The summed E-state index contributed by atoms with van der Waals surface area (Å²) in [7, 11) is 5.39. The van der Waals surface area contributed by atoms with Crippen LogP contribution in [0.4, 0.5) is 0 Å². The van der Waals surface area contributed by atoms with Gasteiger partial charge < -0.3 is 14.6 Å². The maximum absolute atomic E-state index is 13.7. The van der Waals surface area contributed by atoms with Crippen LogP contribution in [-0.2, 0) is 14.1 Å². The Labute approximate surface area is 187 Å². The fourth-order valence-corrected chi connectivity index (χ4v) is 3.90. The van der Waals surface area contributed by atoms with Crippen LogP contribution in [0.15, 0.2) is 42.7 Å². The normalized spacial score (nSPS) is 12.3. The summed E-state index contributed by atoms with van der Waals surface area (Å²) in [6.45, 7) is 6.02. The topological polar surface area (TPSA) is 86.9 Å². The third-order valence-electron chi connectivity index (χ3n) is 5.67. The predicted octanol–water partition coefficient (Wildman–Crippen LogP) is 3.66. The molecular weight excluding hydrogens is 404 g/mol. The van der Waals surface area contributed by atoms with Gasteiger partial charge in [-0.15, -0.1) is 0 Å². The van der Waals surface area contributed by atoms with Gasteiger partial charge in [-0.2, -0.15) is 5.10 Å². The Morgan fingerprint density at radius 2 is 1.88 bits per heavy atom. The minimum absolute atomic E-state index is 0.174. The van der Waals surface area contributed by atoms with E-state index in [0.717, 1.165) is 33.9 Å². The van der Waals surface area contributed by atoms with Gasteiger partial charge in [-0.25, -0.2) is 9.97 Å². The van der Waals surface area contributed by atoms with Crippen LogP contribution in [0, 0.1) is 6.92 Å². The molecule has 1 atom stereocenters. The molecule has 0 bridgehead atoms. The van der Waals surface area contributed by atoms with Crippen LogP contribution in [0.3, 0.4) is 0 Å². The fraction of sp³-hybridized carbons (Fsp3) is 0.333. The summed E-state index contributed by atoms with van der Waals surface area (Å²) in [4.78, 5) is 22.9. The molecule has 0 fully saturated rings. The van der Waals surface area contributed by atoms with Crippen molar-refractivity contribution in [1.82, 2.24) is 29.6 Å². The molecule has 4 rings (SSSR count). The summed E-state index contributed by atoms with van der Waals surface area (Å²) in [5, 5.41) is 8.46. The minimum Gasteiger partial charge on any atom is -0.497 e. The molecule has 0 spiro atoms. The number of nitrogens with zero attached hydrogens (tertiary/aromatic N) is 5. The molecule has 0 aliphatic carbocycles. The summed E-state index contributed by atoms with van der Waals surface area (Å²) < 4.78 is 8.93. The summed E-state index contributed by atoms with van der Waals surface area (Å²) in [5.41, 5.74) is 3.80. The van der Waals surface area contributed by atoms with Crippen molar-refractivity contribution in [3.63, 3.8) is 0 Å². The van der Waals surface area contributed by atoms with Crippen molar-refractivity contribution in [2.75, 3.05) is 7.11 Å². The Balaban J connectivity index is 1.80. The maximum atomic E-state index is 13.7. The molecule has 166 valence electrons. The molecule has 0 aliphatic rings. The Kier molecular flexibility index (Phi) is 5.69. The lowest BCUT2D eigenvalue weighted by atomic mass is 10.0. The Bertz CT molecular complexity index is 1270. The number of nitrogens with one attached hydrogen (secondary N) is 1. The lowest BCUT2D eigenvalue weighted by molar-refractivity contribution is 0.0942. The van der Waals surface area contributed by atoms with E-state index in [0.29, 0.717) is 11.2 Å². The van der Waals surface area contributed by atoms with Gasteiger partial charge in [-0.3, -0.25) is 9.48 Å². The van der Waals surface area contributed by atoms with Crippen LogP contribution in [0.5, 0.6) is 5.75 Å². The lowest BCUT2D eigenvalue weighted by Crippen LogP contribution is -2.31. The van der Waals surface area contributed by atoms with Crippen molar-refractivity contribution in [1.29, 1.82) is 0 Å². The number of aryl methyl sites for hydroxylation is 3. The Hall–Kier alpha value is -3.68. The van der Waals surface area contributed by atoms with Gasteiger partial charge in [0.1, 0.15) is 17.6 Å². The first-order valence-electron chi connectivity index (χ1n) is 10.6. The molecule has 0 saturated heterocycles. The summed E-state index contributed by atoms with van der Waals surface area (Å²) in [5.74, 6) is 1.47. The molecule has 0 aliphatic heterocycles. The van der Waals surface area contributed by atoms with Crippen molar-refractivity contribution in [2.45, 2.75) is 32.7 Å². The zero-order valence-electron chi connectivity index (χ0n) is 19.2. The molecule has 1 amide bonds. The number of imidazole rings is 1. The molecule has 1 aromatic carbocycles. The quantitative estimate of drug-likeness (QED) is 0.502. The van der Waals surface area contributed by atoms with Crippen molar-refractivity contribution >= 4 is 16.9 Å². The molecule has 0 saturated carbocycles. The molecule has 3 heterocycles. The SMILES string of the molecule is COc1ccc(C(NC(=O)c2cc(C(C)C)nc3c2c(C)nn3C)c2nccn2C)cc1. The molecule has 8 heteroatoms. The van der Waals surface area contributed by atoms with Gasteiger partial charge in [0.15, 0.2) is 5.65 Å². The van der Waals surface area contributed by atoms with E-state index in [9.17, 15) is 4.79 Å². The number of hydrogen-bond acceptors (Lipinski definition) is 5. The zero-order chi connectivity index (χ0) is 23.0. The summed E-state index contributed by atoms with van der Waals surface area (Å²) >= 11 is 0. The van der Waals surface area contributed by atoms with E-state index in [2.05, 4.69) is 29.2 Å². The number of aromatic nitrogens is 5. The minimum atomic E-state index is -0.434. The molecule has 1 N–H and O–H groups in total. The predicted molar refractivity (Wildman–Crippen MR) is 123 cm³/mol. The molecule has 4 aromatic rings. The number of pyridine rings is 1. The van der Waals surface area contributed by atoms with Crippen LogP contribution in [-0.4, -0.2) is 37.3 Å². The second-order valence-electron chi connectivity index (χ2n) is 8.23. The molecule has 32 heavy (non-hydrogen) atoms. The van der Waals surface area contributed by atoms with Crippen LogP contribution in [0.2, 0.25) is 0 Å². The second-order valence-corrected chi connectivity index (χ2v) is 8.23. The van der Waals surface area contributed by atoms with E-state index in [1.54, 1.807) is 18.0 Å². The van der Waals surface area contributed by atoms with E-state index < -0.39 is 6.04 Å². The number of rotatable bonds is 6. The third-order valence-corrected chi connectivity index (χ3v) is 5.67. The molecular formula is C24H28N6O2. The van der Waals surface area contributed by atoms with Crippen molar-refractivity contribution < 1.29 is 9.53 Å². The highest BCUT2D eigenvalue weighted by atomic mass is 16.5. The van der Waals surface area contributed by atoms with E-state index in [1.807, 2.05) is 62.1 Å². The van der Waals surface area contributed by atoms with Crippen molar-refractivity contribution in [2.24, 2.45) is 14.1 Å². The third kappa shape index (κ3) is 3.84. The lowest BCUT2D eigenvalue weighted by Gasteiger charge is -2.20. The molecule has 1 unspecified atom stereocenters. The maximum Gasteiger partial charge on any atom is 0.253 e. The van der Waals surface area contributed by atoms with Gasteiger partial charge in [0.2, 0.25) is 0 Å². The molecule has 3 aromatic heterocycles. The fourth-order valence-electron chi connectivity index (χ4n) is 3.90. The van der Waals surface area contributed by atoms with E-state index in [4.69, 9.17) is 9.72 Å². The number of carbonyl (C=O) groups is 1. The number of ether oxygens (including phenoxy) is 1. The summed E-state index contributed by atoms with van der Waals surface area (Å²) in [6.07, 6.45) is 3.59. The average molecular weight is 433 g/mol. The first kappa shape index (κ1) is 21.5. The number of methoxy groups -OCH3 is 1. The Morgan fingerprint density at radius 1 is 1.16 bits per heavy atom. The van der Waals surface area contributed by atoms with Crippen LogP contribution in [0.1, 0.15) is 58.9 Å². The number of carbonyl (C=O) groups excluding carboxylic acids is 1. The second kappa shape index (κ2) is 8.45. The summed E-state index contributed by atoms with van der Waals surface area (Å²) in [6, 6.07) is 9.08. The number of amides is 1. The van der Waals surface area contributed by atoms with Crippen molar-refractivity contribution in [3.8, 4) is 5.75 Å². The van der Waals surface area contributed by atoms with Gasteiger partial charge in [0, 0.05) is 32.2 Å². The van der Waals surface area contributed by atoms with E-state index >= 15 is 0 Å². The van der Waals surface area contributed by atoms with Gasteiger partial charge >= 0.3 is 0 Å². The van der Waals surface area contributed by atoms with Gasteiger partial charge in [0.25, 0.3) is 5.91 Å². The smallest absolute Gasteiger partial charge is 0.253 e. The number of hydrogen-bond donors (Lipinski definition) is 1. The molecule has 8 nitrogen and oxygen atoms in total. The first-order chi connectivity index (χ1) is 15.3. The number of benzene rings is 1. The monoisotopic (exact) mass is 432 g/mol. The highest BCUT2D eigenvalue weighted by Gasteiger charge is 2.25. The van der Waals surface area contributed by atoms with Crippen LogP contribution in [0.25, 0.3) is 11.0 Å². The average Bonchev–Trinajstić information content (AvgIpc) is 3.33. The highest BCUT2D eigenvalue weighted by Crippen LogP contribution is 2.27. The standard InChI is InChI=1S/C24H28N6O2/c1-14(2)19-13-18(20-15(3)28-30(5)22(20)26-19)24(31)27-21(23-25-11-12-29(23)4)16-7-9-17(32-6)10-8-16/h7-14,21H,1-6H3,(H,27,31). The van der Waals surface area contributed by atoms with E-state index in [-0.39, 0.29) is 11.8 Å². The van der Waals surface area contributed by atoms with Crippen LogP contribution < -0.4 is 10.1 Å². The van der Waals surface area contributed by atoms with E-state index in [1.165, 1.54) is 0 Å². The first-order valence-corrected chi connectivity index (χ1v) is 10.6. The van der Waals surface area contributed by atoms with Gasteiger partial charge in [0.05, 0.1) is 23.8 Å². The van der Waals surface area contributed by atoms with Gasteiger partial charge in [-0.1, -0.05) is 26.0 Å². The molecule has 0 radical (unpaired) electrons. The largest absolute Gasteiger partial charge is 0.497 e. The van der Waals surface area contributed by atoms with Crippen LogP contribution >= 0.6 is 0 Å². The van der Waals surface area contributed by atoms with Gasteiger partial charge in [-0.05, 0) is 36.6 Å². The number of fused-ring (bicyclic) bond motifs is 1.